The van der Waals surface area contributed by atoms with Crippen molar-refractivity contribution in [3.05, 3.63) is 52.0 Å². The molecule has 0 aliphatic heterocycles. The third-order valence-electron chi connectivity index (χ3n) is 3.58. The van der Waals surface area contributed by atoms with Crippen molar-refractivity contribution in [2.45, 2.75) is 45.9 Å². The van der Waals surface area contributed by atoms with E-state index in [-0.39, 0.29) is 0 Å². The Balaban J connectivity index is 1.97. The lowest BCUT2D eigenvalue weighted by Crippen LogP contribution is -2.24. The summed E-state index contributed by atoms with van der Waals surface area (Å²) in [5.41, 5.74) is 2.24. The summed E-state index contributed by atoms with van der Waals surface area (Å²) < 4.78 is 0. The van der Waals surface area contributed by atoms with E-state index in [9.17, 15) is 0 Å². The van der Waals surface area contributed by atoms with Crippen LogP contribution in [0.15, 0.2) is 35.7 Å². The summed E-state index contributed by atoms with van der Waals surface area (Å²) in [6.45, 7) is 8.25. The molecule has 0 saturated carbocycles. The Morgan fingerprint density at radius 1 is 1.14 bits per heavy atom. The molecule has 1 atom stereocenters. The summed E-state index contributed by atoms with van der Waals surface area (Å²) in [6, 6.07) is 11.5. The maximum absolute atomic E-state index is 4.75. The molecule has 0 fully saturated rings. The number of nitrogens with zero attached hydrogens (tertiary/aromatic N) is 2. The predicted octanol–water partition coefficient (Wildman–Crippen LogP) is 3.83. The van der Waals surface area contributed by atoms with E-state index in [1.54, 1.807) is 0 Å². The number of aromatic nitrogens is 1. The Morgan fingerprint density at radius 3 is 2.57 bits per heavy atom. The minimum atomic E-state index is 0.421. The van der Waals surface area contributed by atoms with Crippen LogP contribution in [0.3, 0.4) is 0 Å². The lowest BCUT2D eigenvalue weighted by atomic mass is 10.2. The third-order valence-corrected chi connectivity index (χ3v) is 4.63. The van der Waals surface area contributed by atoms with Crippen molar-refractivity contribution in [2.24, 2.45) is 0 Å². The van der Waals surface area contributed by atoms with Crippen LogP contribution in [-0.4, -0.2) is 23.0 Å². The number of pyridine rings is 1. The number of hydrogen-bond acceptors (Lipinski definition) is 4. The molecule has 3 nitrogen and oxygen atoms in total. The fourth-order valence-electron chi connectivity index (χ4n) is 2.16. The van der Waals surface area contributed by atoms with Gasteiger partial charge < -0.3 is 5.32 Å². The molecule has 0 aliphatic rings. The van der Waals surface area contributed by atoms with Gasteiger partial charge in [-0.2, -0.15) is 0 Å². The van der Waals surface area contributed by atoms with E-state index in [0.717, 1.165) is 24.5 Å². The Labute approximate surface area is 132 Å². The predicted molar refractivity (Wildman–Crippen MR) is 90.4 cm³/mol. The summed E-state index contributed by atoms with van der Waals surface area (Å²) in [5.74, 6) is 0. The van der Waals surface area contributed by atoms with E-state index >= 15 is 0 Å². The Hall–Kier alpha value is -1.23. The molecule has 4 heteroatoms. The molecular weight excluding hydrogens is 278 g/mol. The van der Waals surface area contributed by atoms with Crippen LogP contribution >= 0.6 is 11.3 Å². The second-order valence-electron chi connectivity index (χ2n) is 5.76. The van der Waals surface area contributed by atoms with Gasteiger partial charge in [-0.1, -0.05) is 26.0 Å². The molecule has 2 heterocycles. The molecule has 0 amide bonds. The van der Waals surface area contributed by atoms with Crippen LogP contribution in [0.25, 0.3) is 0 Å². The maximum atomic E-state index is 4.75. The van der Waals surface area contributed by atoms with Gasteiger partial charge in [-0.05, 0) is 37.6 Å². The number of nitrogens with one attached hydrogen (secondary N) is 1. The molecule has 2 aromatic rings. The maximum Gasteiger partial charge on any atom is 0.0547 e. The van der Waals surface area contributed by atoms with Crippen molar-refractivity contribution < 1.29 is 0 Å². The molecule has 21 heavy (non-hydrogen) atoms. The van der Waals surface area contributed by atoms with Gasteiger partial charge in [0.15, 0.2) is 0 Å². The zero-order valence-electron chi connectivity index (χ0n) is 13.3. The van der Waals surface area contributed by atoms with Gasteiger partial charge in [0.05, 0.1) is 11.4 Å². The van der Waals surface area contributed by atoms with Crippen LogP contribution in [0.1, 0.15) is 43.1 Å². The van der Waals surface area contributed by atoms with E-state index < -0.39 is 0 Å². The van der Waals surface area contributed by atoms with Gasteiger partial charge in [-0.3, -0.25) is 9.88 Å². The molecule has 2 aromatic heterocycles. The molecule has 1 unspecified atom stereocenters. The monoisotopic (exact) mass is 303 g/mol. The number of rotatable bonds is 7. The zero-order valence-corrected chi connectivity index (χ0v) is 14.2. The average molecular weight is 303 g/mol. The van der Waals surface area contributed by atoms with E-state index in [4.69, 9.17) is 4.98 Å². The highest BCUT2D eigenvalue weighted by Crippen LogP contribution is 2.24. The van der Waals surface area contributed by atoms with E-state index in [0.29, 0.717) is 12.1 Å². The van der Waals surface area contributed by atoms with Crippen LogP contribution in [0.2, 0.25) is 0 Å². The van der Waals surface area contributed by atoms with Gasteiger partial charge in [-0.25, -0.2) is 0 Å². The highest BCUT2D eigenvalue weighted by molar-refractivity contribution is 7.10. The standard InChI is InChI=1S/C17H25N3S/c1-13(2)18-11-15-7-5-8-16(19-15)12-20(4)14(3)17-9-6-10-21-17/h5-10,13-14,18H,11-12H2,1-4H3. The number of thiophene rings is 1. The van der Waals surface area contributed by atoms with Crippen molar-refractivity contribution in [1.29, 1.82) is 0 Å². The summed E-state index contributed by atoms with van der Waals surface area (Å²) in [6.07, 6.45) is 0. The van der Waals surface area contributed by atoms with Crippen LogP contribution in [-0.2, 0) is 13.1 Å². The highest BCUT2D eigenvalue weighted by atomic mass is 32.1. The first kappa shape index (κ1) is 16.1. The first-order valence-electron chi connectivity index (χ1n) is 7.48. The molecule has 1 N–H and O–H groups in total. The Bertz CT molecular complexity index is 537. The SMILES string of the molecule is CC(C)NCc1cccc(CN(C)C(C)c2cccs2)n1. The minimum absolute atomic E-state index is 0.421. The van der Waals surface area contributed by atoms with Gasteiger partial charge in [0.2, 0.25) is 0 Å². The van der Waals surface area contributed by atoms with Gasteiger partial charge in [-0.15, -0.1) is 11.3 Å². The Morgan fingerprint density at radius 2 is 1.90 bits per heavy atom. The number of hydrogen-bond donors (Lipinski definition) is 1. The summed E-state index contributed by atoms with van der Waals surface area (Å²) in [4.78, 5) is 8.49. The molecule has 0 spiro atoms. The van der Waals surface area contributed by atoms with Crippen LogP contribution in [0.5, 0.6) is 0 Å². The molecule has 0 radical (unpaired) electrons. The van der Waals surface area contributed by atoms with Crippen LogP contribution in [0.4, 0.5) is 0 Å². The lowest BCUT2D eigenvalue weighted by molar-refractivity contribution is 0.253. The zero-order chi connectivity index (χ0) is 15.2. The fourth-order valence-corrected chi connectivity index (χ4v) is 3.01. The third kappa shape index (κ3) is 4.92. The molecule has 0 aromatic carbocycles. The summed E-state index contributed by atoms with van der Waals surface area (Å²) in [7, 11) is 2.16. The van der Waals surface area contributed by atoms with E-state index in [1.807, 2.05) is 11.3 Å². The second-order valence-corrected chi connectivity index (χ2v) is 6.74. The minimum Gasteiger partial charge on any atom is -0.309 e. The molecule has 0 bridgehead atoms. The highest BCUT2D eigenvalue weighted by Gasteiger charge is 2.13. The van der Waals surface area contributed by atoms with Crippen molar-refractivity contribution >= 4 is 11.3 Å². The van der Waals surface area contributed by atoms with Crippen molar-refractivity contribution in [3.63, 3.8) is 0 Å². The van der Waals surface area contributed by atoms with E-state index in [2.05, 4.69) is 73.7 Å². The van der Waals surface area contributed by atoms with Gasteiger partial charge in [0.25, 0.3) is 0 Å². The van der Waals surface area contributed by atoms with Crippen molar-refractivity contribution in [1.82, 2.24) is 15.2 Å². The molecule has 2 rings (SSSR count). The van der Waals surface area contributed by atoms with Crippen LogP contribution in [0, 0.1) is 0 Å². The molecule has 114 valence electrons. The second kappa shape index (κ2) is 7.69. The first-order valence-corrected chi connectivity index (χ1v) is 8.36. The van der Waals surface area contributed by atoms with Crippen molar-refractivity contribution in [3.8, 4) is 0 Å². The van der Waals surface area contributed by atoms with E-state index in [1.165, 1.54) is 4.88 Å². The van der Waals surface area contributed by atoms with Gasteiger partial charge in [0, 0.05) is 30.1 Å². The Kier molecular flexibility index (Phi) is 5.91. The lowest BCUT2D eigenvalue weighted by Gasteiger charge is -2.23. The van der Waals surface area contributed by atoms with Gasteiger partial charge >= 0.3 is 0 Å². The summed E-state index contributed by atoms with van der Waals surface area (Å²) >= 11 is 1.81. The first-order chi connectivity index (χ1) is 10.1. The normalized spacial score (nSPS) is 13.0. The molecule has 0 saturated heterocycles. The average Bonchev–Trinajstić information content (AvgIpc) is 2.98. The molecule has 0 aliphatic carbocycles. The van der Waals surface area contributed by atoms with Gasteiger partial charge in [0.1, 0.15) is 0 Å². The summed E-state index contributed by atoms with van der Waals surface area (Å²) in [5, 5.41) is 5.55. The quantitative estimate of drug-likeness (QED) is 0.842. The van der Waals surface area contributed by atoms with Crippen LogP contribution < -0.4 is 5.32 Å². The smallest absolute Gasteiger partial charge is 0.0547 e. The fraction of sp³-hybridized carbons (Fsp3) is 0.471. The molecular formula is C17H25N3S. The van der Waals surface area contributed by atoms with Crippen molar-refractivity contribution in [2.75, 3.05) is 7.05 Å². The topological polar surface area (TPSA) is 28.2 Å². The largest absolute Gasteiger partial charge is 0.309 e.